The number of fused-ring (bicyclic) bond motifs is 1. The normalized spacial score (nSPS) is 21.4. The summed E-state index contributed by atoms with van der Waals surface area (Å²) < 4.78 is 5.32. The number of ether oxygens (including phenoxy) is 1. The van der Waals surface area contributed by atoms with Gasteiger partial charge in [-0.2, -0.15) is 0 Å². The molecule has 0 aromatic heterocycles. The number of carbonyl (C=O) groups is 1. The predicted octanol–water partition coefficient (Wildman–Crippen LogP) is 1.15. The van der Waals surface area contributed by atoms with Crippen LogP contribution in [0.25, 0.3) is 0 Å². The summed E-state index contributed by atoms with van der Waals surface area (Å²) in [7, 11) is 0. The third kappa shape index (κ3) is 3.85. The lowest BCUT2D eigenvalue weighted by molar-refractivity contribution is 0.0384. The highest BCUT2D eigenvalue weighted by molar-refractivity contribution is 5.98. The second-order valence-corrected chi connectivity index (χ2v) is 6.18. The number of morpholine rings is 1. The fourth-order valence-corrected chi connectivity index (χ4v) is 3.09. The van der Waals surface area contributed by atoms with E-state index in [-0.39, 0.29) is 5.78 Å². The van der Waals surface area contributed by atoms with Crippen LogP contribution < -0.4 is 10.6 Å². The van der Waals surface area contributed by atoms with Gasteiger partial charge in [0.25, 0.3) is 0 Å². The highest BCUT2D eigenvalue weighted by atomic mass is 16.5. The topological polar surface area (TPSA) is 53.6 Å². The Bertz CT molecular complexity index is 527. The predicted molar refractivity (Wildman–Crippen MR) is 87.7 cm³/mol. The number of anilines is 1. The SMILES string of the molecule is CC1Cc2cc(C(=O)CNCCN3CCOCC3)ccc2N1. The summed E-state index contributed by atoms with van der Waals surface area (Å²) in [6, 6.07) is 6.46. The van der Waals surface area contributed by atoms with Crippen LogP contribution in [-0.2, 0) is 11.2 Å². The summed E-state index contributed by atoms with van der Waals surface area (Å²) in [6.45, 7) is 8.01. The van der Waals surface area contributed by atoms with E-state index < -0.39 is 0 Å². The van der Waals surface area contributed by atoms with E-state index in [1.807, 2.05) is 18.2 Å². The molecule has 5 nitrogen and oxygen atoms in total. The fourth-order valence-electron chi connectivity index (χ4n) is 3.09. The standard InChI is InChI=1S/C17H25N3O2/c1-13-10-15-11-14(2-3-16(15)19-13)17(21)12-18-4-5-20-6-8-22-9-7-20/h2-3,11,13,18-19H,4-10,12H2,1H3. The minimum absolute atomic E-state index is 0.171. The molecule has 3 rings (SSSR count). The van der Waals surface area contributed by atoms with E-state index in [0.29, 0.717) is 12.6 Å². The Morgan fingerprint density at radius 2 is 2.23 bits per heavy atom. The summed E-state index contributed by atoms with van der Waals surface area (Å²) in [4.78, 5) is 14.6. The van der Waals surface area contributed by atoms with Crippen LogP contribution in [0.2, 0.25) is 0 Å². The lowest BCUT2D eigenvalue weighted by Crippen LogP contribution is -2.41. The van der Waals surface area contributed by atoms with E-state index >= 15 is 0 Å². The van der Waals surface area contributed by atoms with Crippen molar-refractivity contribution in [2.24, 2.45) is 0 Å². The van der Waals surface area contributed by atoms with E-state index in [9.17, 15) is 4.79 Å². The van der Waals surface area contributed by atoms with Gasteiger partial charge in [-0.05, 0) is 37.1 Å². The molecule has 1 aromatic carbocycles. The van der Waals surface area contributed by atoms with Crippen molar-refractivity contribution >= 4 is 11.5 Å². The Hall–Kier alpha value is -1.43. The Balaban J connectivity index is 1.43. The van der Waals surface area contributed by atoms with Gasteiger partial charge < -0.3 is 15.4 Å². The Kier molecular flexibility index (Phi) is 5.08. The van der Waals surface area contributed by atoms with E-state index in [4.69, 9.17) is 4.74 Å². The third-order valence-corrected chi connectivity index (χ3v) is 4.35. The largest absolute Gasteiger partial charge is 0.382 e. The van der Waals surface area contributed by atoms with Crippen LogP contribution in [0.15, 0.2) is 18.2 Å². The first-order valence-corrected chi connectivity index (χ1v) is 8.16. The first kappa shape index (κ1) is 15.5. The Morgan fingerprint density at radius 3 is 3.05 bits per heavy atom. The van der Waals surface area contributed by atoms with Gasteiger partial charge in [0, 0.05) is 43.5 Å². The maximum absolute atomic E-state index is 12.3. The molecule has 0 saturated carbocycles. The van der Waals surface area contributed by atoms with Crippen molar-refractivity contribution in [1.82, 2.24) is 10.2 Å². The molecule has 0 spiro atoms. The molecule has 0 aliphatic carbocycles. The average molecular weight is 303 g/mol. The molecule has 2 heterocycles. The molecule has 0 bridgehead atoms. The van der Waals surface area contributed by atoms with Gasteiger partial charge >= 0.3 is 0 Å². The van der Waals surface area contributed by atoms with Gasteiger partial charge in [-0.25, -0.2) is 0 Å². The van der Waals surface area contributed by atoms with Crippen LogP contribution >= 0.6 is 0 Å². The Labute approximate surface area is 132 Å². The van der Waals surface area contributed by atoms with Crippen molar-refractivity contribution in [3.8, 4) is 0 Å². The molecule has 1 fully saturated rings. The number of ketones is 1. The number of Topliss-reactive ketones (excluding diaryl/α,β-unsaturated/α-hetero) is 1. The number of rotatable bonds is 6. The first-order chi connectivity index (χ1) is 10.7. The zero-order valence-electron chi connectivity index (χ0n) is 13.2. The highest BCUT2D eigenvalue weighted by Crippen LogP contribution is 2.26. The van der Waals surface area contributed by atoms with Crippen LogP contribution in [-0.4, -0.2) is 62.7 Å². The van der Waals surface area contributed by atoms with E-state index in [2.05, 4.69) is 22.5 Å². The average Bonchev–Trinajstić information content (AvgIpc) is 2.91. The zero-order valence-corrected chi connectivity index (χ0v) is 13.2. The molecule has 1 aromatic rings. The number of hydrogen-bond acceptors (Lipinski definition) is 5. The van der Waals surface area contributed by atoms with Crippen molar-refractivity contribution in [1.29, 1.82) is 0 Å². The summed E-state index contributed by atoms with van der Waals surface area (Å²) in [5.74, 6) is 0.171. The molecule has 2 aliphatic heterocycles. The number of carbonyl (C=O) groups excluding carboxylic acids is 1. The van der Waals surface area contributed by atoms with Crippen molar-refractivity contribution in [2.75, 3.05) is 51.3 Å². The fraction of sp³-hybridized carbons (Fsp3) is 0.588. The summed E-state index contributed by atoms with van der Waals surface area (Å²) in [6.07, 6.45) is 1.00. The monoisotopic (exact) mass is 303 g/mol. The minimum Gasteiger partial charge on any atom is -0.382 e. The second-order valence-electron chi connectivity index (χ2n) is 6.18. The quantitative estimate of drug-likeness (QED) is 0.610. The first-order valence-electron chi connectivity index (χ1n) is 8.16. The number of nitrogens with one attached hydrogen (secondary N) is 2. The molecule has 5 heteroatoms. The smallest absolute Gasteiger partial charge is 0.176 e. The van der Waals surface area contributed by atoms with Gasteiger partial charge in [-0.3, -0.25) is 9.69 Å². The number of benzene rings is 1. The molecule has 1 unspecified atom stereocenters. The van der Waals surface area contributed by atoms with Crippen molar-refractivity contribution in [2.45, 2.75) is 19.4 Å². The van der Waals surface area contributed by atoms with Gasteiger partial charge in [-0.15, -0.1) is 0 Å². The van der Waals surface area contributed by atoms with Crippen LogP contribution in [0.4, 0.5) is 5.69 Å². The molecule has 2 N–H and O–H groups in total. The lowest BCUT2D eigenvalue weighted by atomic mass is 10.0. The summed E-state index contributed by atoms with van der Waals surface area (Å²) >= 11 is 0. The van der Waals surface area contributed by atoms with Gasteiger partial charge in [0.05, 0.1) is 19.8 Å². The molecule has 0 amide bonds. The second kappa shape index (κ2) is 7.22. The van der Waals surface area contributed by atoms with E-state index in [1.165, 1.54) is 11.3 Å². The van der Waals surface area contributed by atoms with Crippen molar-refractivity contribution in [3.63, 3.8) is 0 Å². The Morgan fingerprint density at radius 1 is 1.41 bits per heavy atom. The third-order valence-electron chi connectivity index (χ3n) is 4.35. The van der Waals surface area contributed by atoms with Crippen LogP contribution in [0, 0.1) is 0 Å². The van der Waals surface area contributed by atoms with Crippen LogP contribution in [0.3, 0.4) is 0 Å². The van der Waals surface area contributed by atoms with Gasteiger partial charge in [0.2, 0.25) is 0 Å². The molecule has 120 valence electrons. The van der Waals surface area contributed by atoms with Crippen molar-refractivity contribution in [3.05, 3.63) is 29.3 Å². The zero-order chi connectivity index (χ0) is 15.4. The van der Waals surface area contributed by atoms with Crippen LogP contribution in [0.1, 0.15) is 22.8 Å². The molecule has 22 heavy (non-hydrogen) atoms. The molecule has 2 aliphatic rings. The summed E-state index contributed by atoms with van der Waals surface area (Å²) in [5, 5.41) is 6.67. The minimum atomic E-state index is 0.171. The molecular weight excluding hydrogens is 278 g/mol. The van der Waals surface area contributed by atoms with E-state index in [0.717, 1.165) is 51.4 Å². The molecule has 1 saturated heterocycles. The van der Waals surface area contributed by atoms with Crippen LogP contribution in [0.5, 0.6) is 0 Å². The van der Waals surface area contributed by atoms with Gasteiger partial charge in [0.1, 0.15) is 0 Å². The van der Waals surface area contributed by atoms with Crippen molar-refractivity contribution < 1.29 is 9.53 Å². The van der Waals surface area contributed by atoms with Gasteiger partial charge in [0.15, 0.2) is 5.78 Å². The lowest BCUT2D eigenvalue weighted by Gasteiger charge is -2.26. The van der Waals surface area contributed by atoms with E-state index in [1.54, 1.807) is 0 Å². The molecular formula is C17H25N3O2. The molecule has 0 radical (unpaired) electrons. The molecule has 1 atom stereocenters. The van der Waals surface area contributed by atoms with Gasteiger partial charge in [-0.1, -0.05) is 0 Å². The maximum atomic E-state index is 12.3. The number of hydrogen-bond donors (Lipinski definition) is 2. The number of nitrogens with zero attached hydrogens (tertiary/aromatic N) is 1. The highest BCUT2D eigenvalue weighted by Gasteiger charge is 2.18. The summed E-state index contributed by atoms with van der Waals surface area (Å²) in [5.41, 5.74) is 3.24. The maximum Gasteiger partial charge on any atom is 0.176 e.